The van der Waals surface area contributed by atoms with Gasteiger partial charge >= 0.3 is 5.97 Å². The van der Waals surface area contributed by atoms with Crippen LogP contribution in [0.5, 0.6) is 0 Å². The first-order valence-corrected chi connectivity index (χ1v) is 7.73. The van der Waals surface area contributed by atoms with Crippen LogP contribution in [0.4, 0.5) is 4.39 Å². The summed E-state index contributed by atoms with van der Waals surface area (Å²) in [6.45, 7) is 2.78. The lowest BCUT2D eigenvalue weighted by molar-refractivity contribution is 0.0696. The molecule has 1 aliphatic carbocycles. The SMILES string of the molecule is CCC1CCC(N(C)Cc2ccc(C(=O)O)cc2F)CC1. The van der Waals surface area contributed by atoms with Crippen molar-refractivity contribution < 1.29 is 14.3 Å². The predicted octanol–water partition coefficient (Wildman–Crippen LogP) is 3.92. The number of carbonyl (C=O) groups is 1. The van der Waals surface area contributed by atoms with Crippen molar-refractivity contribution >= 4 is 5.97 Å². The lowest BCUT2D eigenvalue weighted by Crippen LogP contribution is -2.34. The van der Waals surface area contributed by atoms with Crippen LogP contribution < -0.4 is 0 Å². The van der Waals surface area contributed by atoms with Crippen LogP contribution in [0.1, 0.15) is 54.9 Å². The van der Waals surface area contributed by atoms with Gasteiger partial charge in [-0.1, -0.05) is 19.4 Å². The first kappa shape index (κ1) is 16.0. The van der Waals surface area contributed by atoms with E-state index in [2.05, 4.69) is 11.8 Å². The zero-order valence-corrected chi connectivity index (χ0v) is 12.8. The Morgan fingerprint density at radius 1 is 1.33 bits per heavy atom. The highest BCUT2D eigenvalue weighted by molar-refractivity contribution is 5.87. The maximum atomic E-state index is 14.0. The number of benzene rings is 1. The number of hydrogen-bond acceptors (Lipinski definition) is 2. The number of carboxylic acid groups (broad SMARTS) is 1. The zero-order valence-electron chi connectivity index (χ0n) is 12.8. The third-order valence-electron chi connectivity index (χ3n) is 4.74. The van der Waals surface area contributed by atoms with Gasteiger partial charge in [-0.15, -0.1) is 0 Å². The van der Waals surface area contributed by atoms with E-state index >= 15 is 0 Å². The smallest absolute Gasteiger partial charge is 0.335 e. The van der Waals surface area contributed by atoms with E-state index in [4.69, 9.17) is 5.11 Å². The lowest BCUT2D eigenvalue weighted by atomic mass is 9.84. The highest BCUT2D eigenvalue weighted by Gasteiger charge is 2.23. The molecule has 1 aromatic rings. The molecule has 0 saturated heterocycles. The summed E-state index contributed by atoms with van der Waals surface area (Å²) in [7, 11) is 2.03. The molecule has 0 spiro atoms. The molecule has 0 aliphatic heterocycles. The molecule has 3 nitrogen and oxygen atoms in total. The van der Waals surface area contributed by atoms with Crippen LogP contribution in [-0.4, -0.2) is 29.1 Å². The Balaban J connectivity index is 1.96. The first-order valence-electron chi connectivity index (χ1n) is 7.73. The van der Waals surface area contributed by atoms with Gasteiger partial charge in [0.15, 0.2) is 0 Å². The Morgan fingerprint density at radius 3 is 2.52 bits per heavy atom. The molecule has 116 valence electrons. The second kappa shape index (κ2) is 7.03. The van der Waals surface area contributed by atoms with Crippen molar-refractivity contribution in [2.75, 3.05) is 7.05 Å². The molecule has 1 aliphatic rings. The van der Waals surface area contributed by atoms with E-state index in [9.17, 15) is 9.18 Å². The molecule has 1 N–H and O–H groups in total. The van der Waals surface area contributed by atoms with E-state index in [-0.39, 0.29) is 5.56 Å². The van der Waals surface area contributed by atoms with Gasteiger partial charge in [0.2, 0.25) is 0 Å². The van der Waals surface area contributed by atoms with Gasteiger partial charge in [-0.25, -0.2) is 9.18 Å². The molecule has 4 heteroatoms. The van der Waals surface area contributed by atoms with Gasteiger partial charge in [0.1, 0.15) is 5.82 Å². The molecule has 0 aromatic heterocycles. The molecule has 1 fully saturated rings. The van der Waals surface area contributed by atoms with Crippen molar-refractivity contribution in [3.8, 4) is 0 Å². The Hall–Kier alpha value is -1.42. The summed E-state index contributed by atoms with van der Waals surface area (Å²) in [6, 6.07) is 4.68. The van der Waals surface area contributed by atoms with Crippen molar-refractivity contribution in [3.05, 3.63) is 35.1 Å². The number of hydrogen-bond donors (Lipinski definition) is 1. The topological polar surface area (TPSA) is 40.5 Å². The summed E-state index contributed by atoms with van der Waals surface area (Å²) in [5.41, 5.74) is 0.572. The van der Waals surface area contributed by atoms with Crippen molar-refractivity contribution in [1.29, 1.82) is 0 Å². The van der Waals surface area contributed by atoms with Crippen LogP contribution in [0.25, 0.3) is 0 Å². The average molecular weight is 293 g/mol. The second-order valence-electron chi connectivity index (χ2n) is 6.11. The van der Waals surface area contributed by atoms with Crippen molar-refractivity contribution in [2.24, 2.45) is 5.92 Å². The fourth-order valence-electron chi connectivity index (χ4n) is 3.20. The van der Waals surface area contributed by atoms with Crippen LogP contribution >= 0.6 is 0 Å². The molecule has 0 heterocycles. The first-order chi connectivity index (χ1) is 10.0. The van der Waals surface area contributed by atoms with Crippen molar-refractivity contribution in [3.63, 3.8) is 0 Å². The largest absolute Gasteiger partial charge is 0.478 e. The fourth-order valence-corrected chi connectivity index (χ4v) is 3.20. The predicted molar refractivity (Wildman–Crippen MR) is 80.9 cm³/mol. The monoisotopic (exact) mass is 293 g/mol. The molecule has 2 rings (SSSR count). The number of halogens is 1. The van der Waals surface area contributed by atoms with Crippen LogP contribution in [0.2, 0.25) is 0 Å². The van der Waals surface area contributed by atoms with E-state index in [0.717, 1.165) is 12.0 Å². The van der Waals surface area contributed by atoms with Crippen LogP contribution in [-0.2, 0) is 6.54 Å². The van der Waals surface area contributed by atoms with E-state index in [1.54, 1.807) is 6.07 Å². The van der Waals surface area contributed by atoms with Gasteiger partial charge in [-0.2, -0.15) is 0 Å². The molecular weight excluding hydrogens is 269 g/mol. The molecule has 1 saturated carbocycles. The van der Waals surface area contributed by atoms with Crippen LogP contribution in [0.15, 0.2) is 18.2 Å². The van der Waals surface area contributed by atoms with Gasteiger partial charge in [0.25, 0.3) is 0 Å². The molecule has 1 aromatic carbocycles. The summed E-state index contributed by atoms with van der Waals surface area (Å²) >= 11 is 0. The second-order valence-corrected chi connectivity index (χ2v) is 6.11. The average Bonchev–Trinajstić information content (AvgIpc) is 2.49. The van der Waals surface area contributed by atoms with Gasteiger partial charge in [-0.3, -0.25) is 4.90 Å². The van der Waals surface area contributed by atoms with Crippen molar-refractivity contribution in [2.45, 2.75) is 51.6 Å². The Morgan fingerprint density at radius 2 is 2.00 bits per heavy atom. The Kier molecular flexibility index (Phi) is 5.34. The third kappa shape index (κ3) is 4.03. The summed E-state index contributed by atoms with van der Waals surface area (Å²) in [5, 5.41) is 8.86. The fraction of sp³-hybridized carbons (Fsp3) is 0.588. The van der Waals surface area contributed by atoms with Gasteiger partial charge in [0.05, 0.1) is 5.56 Å². The van der Waals surface area contributed by atoms with Gasteiger partial charge < -0.3 is 5.11 Å². The number of aromatic carboxylic acids is 1. The maximum absolute atomic E-state index is 14.0. The summed E-state index contributed by atoms with van der Waals surface area (Å²) < 4.78 is 14.0. The Bertz CT molecular complexity index is 496. The number of rotatable bonds is 5. The van der Waals surface area contributed by atoms with E-state index in [0.29, 0.717) is 18.2 Å². The van der Waals surface area contributed by atoms with Gasteiger partial charge in [-0.05, 0) is 50.8 Å². The zero-order chi connectivity index (χ0) is 15.4. The molecule has 21 heavy (non-hydrogen) atoms. The van der Waals surface area contributed by atoms with Gasteiger partial charge in [0, 0.05) is 18.2 Å². The lowest BCUT2D eigenvalue weighted by Gasteiger charge is -2.34. The summed E-state index contributed by atoms with van der Waals surface area (Å²) in [5.74, 6) is -0.670. The number of carboxylic acids is 1. The third-order valence-corrected chi connectivity index (χ3v) is 4.74. The van der Waals surface area contributed by atoms with Crippen molar-refractivity contribution in [1.82, 2.24) is 4.90 Å². The Labute approximate surface area is 125 Å². The summed E-state index contributed by atoms with van der Waals surface area (Å²) in [4.78, 5) is 13.0. The molecule has 0 atom stereocenters. The maximum Gasteiger partial charge on any atom is 0.335 e. The molecular formula is C17H24FNO2. The minimum atomic E-state index is -1.09. The minimum absolute atomic E-state index is 0.00218. The van der Waals surface area contributed by atoms with E-state index in [1.807, 2.05) is 7.05 Å². The molecule has 0 bridgehead atoms. The number of nitrogens with zero attached hydrogens (tertiary/aromatic N) is 1. The highest BCUT2D eigenvalue weighted by atomic mass is 19.1. The molecule has 0 amide bonds. The van der Waals surface area contributed by atoms with E-state index < -0.39 is 11.8 Å². The standard InChI is InChI=1S/C17H24FNO2/c1-3-12-4-8-15(9-5-12)19(2)11-14-7-6-13(17(20)21)10-16(14)18/h6-7,10,12,15H,3-5,8-9,11H2,1-2H3,(H,20,21). The normalized spacial score (nSPS) is 22.5. The van der Waals surface area contributed by atoms with E-state index in [1.165, 1.54) is 38.2 Å². The minimum Gasteiger partial charge on any atom is -0.478 e. The quantitative estimate of drug-likeness (QED) is 0.894. The molecule has 0 unspecified atom stereocenters. The highest BCUT2D eigenvalue weighted by Crippen LogP contribution is 2.29. The van der Waals surface area contributed by atoms with Crippen LogP contribution in [0.3, 0.4) is 0 Å². The van der Waals surface area contributed by atoms with Crippen LogP contribution in [0, 0.1) is 11.7 Å². The molecule has 0 radical (unpaired) electrons. The summed E-state index contributed by atoms with van der Waals surface area (Å²) in [6.07, 6.45) is 6.10.